The van der Waals surface area contributed by atoms with Gasteiger partial charge in [0.05, 0.1) is 12.2 Å². The molecule has 0 bridgehead atoms. The normalized spacial score (nSPS) is 21.6. The first-order valence-electron chi connectivity index (χ1n) is 8.71. The Morgan fingerprint density at radius 3 is 2.38 bits per heavy atom. The summed E-state index contributed by atoms with van der Waals surface area (Å²) in [7, 11) is 0. The Labute approximate surface area is 144 Å². The number of nitrogens with one attached hydrogen (secondary N) is 1. The van der Waals surface area contributed by atoms with Crippen molar-refractivity contribution in [3.05, 3.63) is 59.3 Å². The van der Waals surface area contributed by atoms with Gasteiger partial charge in [-0.25, -0.2) is 4.98 Å². The van der Waals surface area contributed by atoms with Crippen LogP contribution in [0.5, 0.6) is 0 Å². The summed E-state index contributed by atoms with van der Waals surface area (Å²) in [6.45, 7) is 10.1. The van der Waals surface area contributed by atoms with Crippen molar-refractivity contribution in [3.8, 4) is 0 Å². The minimum Gasteiger partial charge on any atom is -0.373 e. The summed E-state index contributed by atoms with van der Waals surface area (Å²) < 4.78 is 5.80. The lowest BCUT2D eigenvalue weighted by atomic mass is 10.1. The first-order valence-corrected chi connectivity index (χ1v) is 8.71. The third-order valence-corrected chi connectivity index (χ3v) is 4.29. The molecule has 0 amide bonds. The van der Waals surface area contributed by atoms with E-state index in [4.69, 9.17) is 4.74 Å². The van der Waals surface area contributed by atoms with Crippen molar-refractivity contribution in [2.45, 2.75) is 46.1 Å². The summed E-state index contributed by atoms with van der Waals surface area (Å²) in [6, 6.07) is 14.9. The van der Waals surface area contributed by atoms with Crippen LogP contribution in [0, 0.1) is 6.92 Å². The van der Waals surface area contributed by atoms with Gasteiger partial charge in [0.25, 0.3) is 0 Å². The zero-order valence-corrected chi connectivity index (χ0v) is 14.8. The minimum absolute atomic E-state index is 0.319. The molecule has 0 saturated carbocycles. The lowest BCUT2D eigenvalue weighted by molar-refractivity contribution is -0.0704. The molecule has 24 heavy (non-hydrogen) atoms. The Bertz CT molecular complexity index is 646. The average Bonchev–Trinajstić information content (AvgIpc) is 2.53. The highest BCUT2D eigenvalue weighted by atomic mass is 16.5. The number of aryl methyl sites for hydroxylation is 1. The summed E-state index contributed by atoms with van der Waals surface area (Å²) in [5.74, 6) is 0.926. The highest BCUT2D eigenvalue weighted by molar-refractivity contribution is 5.36. The van der Waals surface area contributed by atoms with Crippen molar-refractivity contribution in [1.29, 1.82) is 0 Å². The molecule has 128 valence electrons. The SMILES string of the molecule is Cc1cccc(NCc2ccc(CN3CC(C)OC(C)C3)cc2)n1. The molecule has 2 atom stereocenters. The van der Waals surface area contributed by atoms with E-state index in [-0.39, 0.29) is 0 Å². The molecule has 0 spiro atoms. The molecule has 1 saturated heterocycles. The van der Waals surface area contributed by atoms with E-state index in [0.717, 1.165) is 37.7 Å². The maximum atomic E-state index is 5.80. The fourth-order valence-corrected chi connectivity index (χ4v) is 3.27. The van der Waals surface area contributed by atoms with Gasteiger partial charge < -0.3 is 10.1 Å². The number of rotatable bonds is 5. The lowest BCUT2D eigenvalue weighted by Gasteiger charge is -2.35. The van der Waals surface area contributed by atoms with Gasteiger partial charge in [-0.2, -0.15) is 0 Å². The number of benzene rings is 1. The summed E-state index contributed by atoms with van der Waals surface area (Å²) in [4.78, 5) is 6.94. The monoisotopic (exact) mass is 325 g/mol. The smallest absolute Gasteiger partial charge is 0.126 e. The maximum absolute atomic E-state index is 5.80. The molecule has 3 rings (SSSR count). The minimum atomic E-state index is 0.319. The second-order valence-electron chi connectivity index (χ2n) is 6.79. The summed E-state index contributed by atoms with van der Waals surface area (Å²) in [5.41, 5.74) is 3.66. The number of hydrogen-bond acceptors (Lipinski definition) is 4. The second kappa shape index (κ2) is 7.77. The molecule has 2 aromatic rings. The second-order valence-corrected chi connectivity index (χ2v) is 6.79. The van der Waals surface area contributed by atoms with E-state index < -0.39 is 0 Å². The highest BCUT2D eigenvalue weighted by Gasteiger charge is 2.21. The molecule has 0 radical (unpaired) electrons. The van der Waals surface area contributed by atoms with Crippen LogP contribution >= 0.6 is 0 Å². The van der Waals surface area contributed by atoms with Crippen molar-refractivity contribution in [1.82, 2.24) is 9.88 Å². The van der Waals surface area contributed by atoms with Gasteiger partial charge in [-0.1, -0.05) is 30.3 Å². The molecular formula is C20H27N3O. The van der Waals surface area contributed by atoms with Gasteiger partial charge in [-0.3, -0.25) is 4.90 Å². The van der Waals surface area contributed by atoms with E-state index in [2.05, 4.69) is 53.3 Å². The quantitative estimate of drug-likeness (QED) is 0.911. The Morgan fingerprint density at radius 2 is 1.71 bits per heavy atom. The number of morpholine rings is 1. The van der Waals surface area contributed by atoms with Crippen LogP contribution in [0.15, 0.2) is 42.5 Å². The molecule has 1 N–H and O–H groups in total. The van der Waals surface area contributed by atoms with Crippen LogP contribution in [0.3, 0.4) is 0 Å². The van der Waals surface area contributed by atoms with Gasteiger partial charge in [0.15, 0.2) is 0 Å². The number of hydrogen-bond donors (Lipinski definition) is 1. The van der Waals surface area contributed by atoms with Crippen molar-refractivity contribution in [3.63, 3.8) is 0 Å². The van der Waals surface area contributed by atoms with Crippen LogP contribution in [0.2, 0.25) is 0 Å². The number of pyridine rings is 1. The van der Waals surface area contributed by atoms with E-state index >= 15 is 0 Å². The molecule has 4 nitrogen and oxygen atoms in total. The zero-order chi connectivity index (χ0) is 16.9. The Kier molecular flexibility index (Phi) is 5.48. The molecular weight excluding hydrogens is 298 g/mol. The predicted molar refractivity (Wildman–Crippen MR) is 98.0 cm³/mol. The Morgan fingerprint density at radius 1 is 1.04 bits per heavy atom. The summed E-state index contributed by atoms with van der Waals surface area (Å²) in [5, 5.41) is 3.38. The van der Waals surface area contributed by atoms with Gasteiger partial charge >= 0.3 is 0 Å². The average molecular weight is 325 g/mol. The number of ether oxygens (including phenoxy) is 1. The van der Waals surface area contributed by atoms with Gasteiger partial charge in [0, 0.05) is 31.9 Å². The fraction of sp³-hybridized carbons (Fsp3) is 0.450. The predicted octanol–water partition coefficient (Wildman–Crippen LogP) is 3.61. The van der Waals surface area contributed by atoms with Crippen LogP contribution in [-0.2, 0) is 17.8 Å². The third kappa shape index (κ3) is 4.79. The zero-order valence-electron chi connectivity index (χ0n) is 14.8. The molecule has 2 heterocycles. The topological polar surface area (TPSA) is 37.4 Å². The van der Waals surface area contributed by atoms with Crippen molar-refractivity contribution < 1.29 is 4.74 Å². The molecule has 1 aromatic carbocycles. The van der Waals surface area contributed by atoms with E-state index in [1.54, 1.807) is 0 Å². The van der Waals surface area contributed by atoms with Crippen molar-refractivity contribution in [2.24, 2.45) is 0 Å². The van der Waals surface area contributed by atoms with Crippen LogP contribution in [0.4, 0.5) is 5.82 Å². The van der Waals surface area contributed by atoms with Crippen molar-refractivity contribution >= 4 is 5.82 Å². The molecule has 0 aliphatic carbocycles. The number of nitrogens with zero attached hydrogens (tertiary/aromatic N) is 2. The summed E-state index contributed by atoms with van der Waals surface area (Å²) >= 11 is 0. The molecule has 2 unspecified atom stereocenters. The van der Waals surface area contributed by atoms with E-state index in [0.29, 0.717) is 12.2 Å². The van der Waals surface area contributed by atoms with Crippen LogP contribution in [-0.4, -0.2) is 35.2 Å². The summed E-state index contributed by atoms with van der Waals surface area (Å²) in [6.07, 6.45) is 0.637. The van der Waals surface area contributed by atoms with Gasteiger partial charge in [0.1, 0.15) is 5.82 Å². The molecule has 4 heteroatoms. The van der Waals surface area contributed by atoms with E-state index in [1.165, 1.54) is 11.1 Å². The Balaban J connectivity index is 1.53. The van der Waals surface area contributed by atoms with E-state index in [9.17, 15) is 0 Å². The molecule has 1 aromatic heterocycles. The van der Waals surface area contributed by atoms with Crippen LogP contribution in [0.1, 0.15) is 30.7 Å². The van der Waals surface area contributed by atoms with Gasteiger partial charge in [-0.05, 0) is 44.0 Å². The number of aromatic nitrogens is 1. The van der Waals surface area contributed by atoms with Crippen LogP contribution in [0.25, 0.3) is 0 Å². The van der Waals surface area contributed by atoms with Crippen LogP contribution < -0.4 is 5.32 Å². The number of anilines is 1. The van der Waals surface area contributed by atoms with Gasteiger partial charge in [-0.15, -0.1) is 0 Å². The standard InChI is InChI=1S/C20H27N3O/c1-15-5-4-6-20(22-15)21-11-18-7-9-19(10-8-18)14-23-12-16(2)24-17(3)13-23/h4-10,16-17H,11-14H2,1-3H3,(H,21,22). The molecule has 1 aliphatic rings. The third-order valence-electron chi connectivity index (χ3n) is 4.29. The van der Waals surface area contributed by atoms with Gasteiger partial charge in [0.2, 0.25) is 0 Å². The largest absolute Gasteiger partial charge is 0.373 e. The fourth-order valence-electron chi connectivity index (χ4n) is 3.27. The van der Waals surface area contributed by atoms with Crippen molar-refractivity contribution in [2.75, 3.05) is 18.4 Å². The Hall–Kier alpha value is -1.91. The first kappa shape index (κ1) is 16.9. The molecule has 1 fully saturated rings. The maximum Gasteiger partial charge on any atom is 0.126 e. The molecule has 1 aliphatic heterocycles. The van der Waals surface area contributed by atoms with E-state index in [1.807, 2.05) is 25.1 Å². The lowest BCUT2D eigenvalue weighted by Crippen LogP contribution is -2.44. The highest BCUT2D eigenvalue weighted by Crippen LogP contribution is 2.15. The first-order chi connectivity index (χ1) is 11.6.